The highest BCUT2D eigenvalue weighted by Gasteiger charge is 2.18. The number of pyridine rings is 2. The van der Waals surface area contributed by atoms with Crippen molar-refractivity contribution in [2.24, 2.45) is 5.11 Å². The minimum atomic E-state index is -1.15. The second kappa shape index (κ2) is 18.6. The van der Waals surface area contributed by atoms with Crippen molar-refractivity contribution < 1.29 is 24.5 Å². The lowest BCUT2D eigenvalue weighted by molar-refractivity contribution is 0.0690. The summed E-state index contributed by atoms with van der Waals surface area (Å²) in [7, 11) is 3.99. The number of phenols is 1. The molecule has 0 spiro atoms. The van der Waals surface area contributed by atoms with Crippen LogP contribution in [0.1, 0.15) is 49.8 Å². The number of carbonyl (C=O) groups is 2. The number of amides is 1. The number of carbonyl (C=O) groups excluding carboxylic acids is 1. The molecule has 12 heteroatoms. The third-order valence-electron chi connectivity index (χ3n) is 7.13. The Bertz CT molecular complexity index is 2210. The molecule has 0 aliphatic heterocycles. The molecule has 3 aromatic carbocycles. The van der Waals surface area contributed by atoms with Gasteiger partial charge in [0.25, 0.3) is 5.91 Å². The summed E-state index contributed by atoms with van der Waals surface area (Å²) in [5, 5.41) is 25.4. The number of nitrogens with one attached hydrogen (secondary N) is 1. The first kappa shape index (κ1) is 37.7. The van der Waals surface area contributed by atoms with Gasteiger partial charge in [-0.25, -0.2) is 14.8 Å². The molecule has 1 amide bonds. The van der Waals surface area contributed by atoms with E-state index in [0.29, 0.717) is 35.0 Å². The highest BCUT2D eigenvalue weighted by molar-refractivity contribution is 6.06. The summed E-state index contributed by atoms with van der Waals surface area (Å²) in [5.41, 5.74) is 12.8. The van der Waals surface area contributed by atoms with Crippen LogP contribution in [0.25, 0.3) is 21.7 Å². The van der Waals surface area contributed by atoms with Gasteiger partial charge in [0, 0.05) is 45.7 Å². The fourth-order valence-electron chi connectivity index (χ4n) is 4.69. The Hall–Kier alpha value is -7.11. The maximum absolute atomic E-state index is 12.4. The van der Waals surface area contributed by atoms with E-state index in [0.717, 1.165) is 24.2 Å². The van der Waals surface area contributed by atoms with E-state index in [1.807, 2.05) is 75.6 Å². The second-order valence-electron chi connectivity index (χ2n) is 11.4. The van der Waals surface area contributed by atoms with Gasteiger partial charge >= 0.3 is 5.97 Å². The van der Waals surface area contributed by atoms with E-state index < -0.39 is 11.9 Å². The smallest absolute Gasteiger partial charge is 0.355 e. The third kappa shape index (κ3) is 11.0. The number of aromatic nitrogens is 2. The Morgan fingerprint density at radius 3 is 2.42 bits per heavy atom. The summed E-state index contributed by atoms with van der Waals surface area (Å²) >= 11 is 0. The lowest BCUT2D eigenvalue weighted by Gasteiger charge is -2.14. The van der Waals surface area contributed by atoms with Gasteiger partial charge in [-0.3, -0.25) is 4.79 Å². The van der Waals surface area contributed by atoms with Crippen molar-refractivity contribution in [3.05, 3.63) is 141 Å². The van der Waals surface area contributed by atoms with Crippen molar-refractivity contribution in [2.45, 2.75) is 13.3 Å². The minimum absolute atomic E-state index is 0.0670. The van der Waals surface area contributed by atoms with E-state index >= 15 is 0 Å². The summed E-state index contributed by atoms with van der Waals surface area (Å²) in [4.78, 5) is 37.1. The largest absolute Gasteiger partial charge is 0.507 e. The normalized spacial score (nSPS) is 9.98. The van der Waals surface area contributed by atoms with Crippen molar-refractivity contribution in [3.63, 3.8) is 0 Å². The van der Waals surface area contributed by atoms with Crippen LogP contribution in [-0.4, -0.2) is 64.2 Å². The van der Waals surface area contributed by atoms with Crippen LogP contribution >= 0.6 is 0 Å². The number of carboxylic acid groups (broad SMARTS) is 1. The number of anilines is 1. The molecule has 0 unspecified atom stereocenters. The number of hydrogen-bond acceptors (Lipinski definition) is 8. The van der Waals surface area contributed by atoms with Crippen molar-refractivity contribution >= 4 is 23.3 Å². The van der Waals surface area contributed by atoms with Crippen LogP contribution in [-0.2, 0) is 0 Å². The molecule has 2 aromatic heterocycles. The highest BCUT2D eigenvalue weighted by atomic mass is 16.5. The first-order valence-corrected chi connectivity index (χ1v) is 15.9. The number of rotatable bonds is 10. The molecule has 12 nitrogen and oxygen atoms in total. The number of phenolic OH excluding ortho intramolecular Hbond substituents is 1. The molecule has 0 radical (unpaired) electrons. The van der Waals surface area contributed by atoms with Crippen LogP contribution in [0.3, 0.4) is 0 Å². The van der Waals surface area contributed by atoms with Crippen LogP contribution in [0.5, 0.6) is 11.5 Å². The van der Waals surface area contributed by atoms with Gasteiger partial charge in [0.1, 0.15) is 22.9 Å². The SMILES string of the molecule is C#Cc1cc(OCCCN(C)C)c(-c2ccccc2)nc1C(=O)O.Cc1cccc(C#Cc2cccc(NC(=O)c3ccc(N=[N+]=[N-])cc3O)c2)n1. The number of ether oxygens (including phenoxy) is 1. The molecule has 52 heavy (non-hydrogen) atoms. The van der Waals surface area contributed by atoms with Crippen molar-refractivity contribution in [2.75, 3.05) is 32.6 Å². The topological polar surface area (TPSA) is 174 Å². The average molecular weight is 694 g/mol. The maximum Gasteiger partial charge on any atom is 0.355 e. The molecule has 0 aliphatic rings. The zero-order valence-corrected chi connectivity index (χ0v) is 28.7. The van der Waals surface area contributed by atoms with Crippen LogP contribution in [0.4, 0.5) is 11.4 Å². The summed E-state index contributed by atoms with van der Waals surface area (Å²) in [5.74, 6) is 6.96. The number of carboxylic acids is 1. The molecule has 0 aliphatic carbocycles. The Balaban J connectivity index is 0.000000236. The van der Waals surface area contributed by atoms with Crippen LogP contribution in [0.15, 0.2) is 102 Å². The number of nitrogens with zero attached hydrogens (tertiary/aromatic N) is 6. The molecular weight excluding hydrogens is 658 g/mol. The van der Waals surface area contributed by atoms with E-state index in [2.05, 4.69) is 48.0 Å². The van der Waals surface area contributed by atoms with E-state index in [1.165, 1.54) is 18.2 Å². The van der Waals surface area contributed by atoms with Gasteiger partial charge in [0.05, 0.1) is 17.7 Å². The minimum Gasteiger partial charge on any atom is -0.507 e. The fourth-order valence-corrected chi connectivity index (χ4v) is 4.69. The lowest BCUT2D eigenvalue weighted by atomic mass is 10.1. The fraction of sp³-hybridized carbons (Fsp3) is 0.150. The van der Waals surface area contributed by atoms with Crippen LogP contribution < -0.4 is 10.1 Å². The standard InChI is InChI=1S/C21H15N5O2.C19H20N2O3/c1-14-4-2-6-16(23-14)9-8-15-5-3-7-17(12-15)24-21(28)19-11-10-18(25-26-22)13-20(19)27;1-4-14-13-16(24-12-8-11-21(2)3)17(20-18(14)19(22)23)15-9-6-5-7-10-15/h2-7,10-13,27H,1H3,(H,24,28);1,5-7,9-10,13H,8,11-12H2,2-3H3,(H,22,23). The second-order valence-corrected chi connectivity index (χ2v) is 11.4. The molecule has 3 N–H and O–H groups in total. The maximum atomic E-state index is 12.4. The predicted octanol–water partition coefficient (Wildman–Crippen LogP) is 7.45. The molecule has 0 bridgehead atoms. The van der Waals surface area contributed by atoms with Gasteiger partial charge in [-0.15, -0.1) is 6.42 Å². The van der Waals surface area contributed by atoms with E-state index in [1.54, 1.807) is 24.3 Å². The van der Waals surface area contributed by atoms with Crippen molar-refractivity contribution in [1.82, 2.24) is 14.9 Å². The van der Waals surface area contributed by atoms with Gasteiger partial charge in [-0.2, -0.15) is 0 Å². The molecule has 5 aromatic rings. The Kier molecular flexibility index (Phi) is 13.5. The number of hydrogen-bond donors (Lipinski definition) is 3. The van der Waals surface area contributed by atoms with E-state index in [9.17, 15) is 19.8 Å². The average Bonchev–Trinajstić information content (AvgIpc) is 3.13. The van der Waals surface area contributed by atoms with Gasteiger partial charge in [0.15, 0.2) is 5.69 Å². The first-order chi connectivity index (χ1) is 25.1. The van der Waals surface area contributed by atoms with Gasteiger partial charge < -0.3 is 25.2 Å². The number of benzene rings is 3. The van der Waals surface area contributed by atoms with Crippen LogP contribution in [0, 0.1) is 31.1 Å². The third-order valence-corrected chi connectivity index (χ3v) is 7.13. The molecule has 2 heterocycles. The molecule has 0 atom stereocenters. The first-order valence-electron chi connectivity index (χ1n) is 15.9. The molecule has 0 saturated carbocycles. The van der Waals surface area contributed by atoms with Crippen molar-refractivity contribution in [3.8, 4) is 46.9 Å². The van der Waals surface area contributed by atoms with Gasteiger partial charge in [0.2, 0.25) is 0 Å². The van der Waals surface area contributed by atoms with Crippen LogP contribution in [0.2, 0.25) is 0 Å². The number of azide groups is 1. The Labute approximate surface area is 301 Å². The zero-order valence-electron chi connectivity index (χ0n) is 28.7. The summed E-state index contributed by atoms with van der Waals surface area (Å²) in [6, 6.07) is 27.6. The van der Waals surface area contributed by atoms with E-state index in [4.69, 9.17) is 16.7 Å². The number of aromatic hydroxyl groups is 1. The number of terminal acetylenes is 1. The summed E-state index contributed by atoms with van der Waals surface area (Å²) < 4.78 is 5.84. The molecular formula is C40H35N7O5. The van der Waals surface area contributed by atoms with Crippen molar-refractivity contribution in [1.29, 1.82) is 0 Å². The predicted molar refractivity (Wildman–Crippen MR) is 199 cm³/mol. The Morgan fingerprint density at radius 1 is 0.981 bits per heavy atom. The number of aryl methyl sites for hydroxylation is 1. The monoisotopic (exact) mass is 693 g/mol. The van der Waals surface area contributed by atoms with Gasteiger partial charge in [-0.05, 0) is 81.4 Å². The Morgan fingerprint density at radius 2 is 1.75 bits per heavy atom. The molecule has 5 rings (SSSR count). The molecule has 260 valence electrons. The quantitative estimate of drug-likeness (QED) is 0.0445. The molecule has 0 fully saturated rings. The summed E-state index contributed by atoms with van der Waals surface area (Å²) in [6.07, 6.45) is 6.27. The van der Waals surface area contributed by atoms with E-state index in [-0.39, 0.29) is 28.3 Å². The lowest BCUT2D eigenvalue weighted by Crippen LogP contribution is -2.16. The zero-order chi connectivity index (χ0) is 37.5. The summed E-state index contributed by atoms with van der Waals surface area (Å²) in [6.45, 7) is 3.29. The van der Waals surface area contributed by atoms with Gasteiger partial charge in [-0.1, -0.05) is 65.5 Å². The number of aromatic carboxylic acids is 1. The molecule has 0 saturated heterocycles. The highest BCUT2D eigenvalue weighted by Crippen LogP contribution is 2.30.